The standard InChI is InChI=1S/C8H12N6O4/c1-10-8-12-2-4(14(17)18)7(13-8)11-3-5(15)6(9)16/h2,5,15H,3H2,1H3,(H2,9,16)(H2,10,11,12,13). The first kappa shape index (κ1) is 13.6. The highest BCUT2D eigenvalue weighted by Crippen LogP contribution is 2.21. The lowest BCUT2D eigenvalue weighted by Gasteiger charge is -2.09. The lowest BCUT2D eigenvalue weighted by molar-refractivity contribution is -0.384. The van der Waals surface area contributed by atoms with Crippen molar-refractivity contribution >= 4 is 23.4 Å². The van der Waals surface area contributed by atoms with Crippen LogP contribution in [0.5, 0.6) is 0 Å². The van der Waals surface area contributed by atoms with Crippen LogP contribution >= 0.6 is 0 Å². The minimum atomic E-state index is -1.46. The lowest BCUT2D eigenvalue weighted by Crippen LogP contribution is -2.34. The maximum atomic E-state index is 10.7. The van der Waals surface area contributed by atoms with Crippen LogP contribution in [0.2, 0.25) is 0 Å². The fourth-order valence-electron chi connectivity index (χ4n) is 1.05. The fourth-order valence-corrected chi connectivity index (χ4v) is 1.05. The molecule has 18 heavy (non-hydrogen) atoms. The summed E-state index contributed by atoms with van der Waals surface area (Å²) in [5.41, 5.74) is 4.48. The molecule has 10 nitrogen and oxygen atoms in total. The summed E-state index contributed by atoms with van der Waals surface area (Å²) in [7, 11) is 1.54. The number of rotatable bonds is 6. The highest BCUT2D eigenvalue weighted by molar-refractivity contribution is 5.79. The molecule has 1 atom stereocenters. The van der Waals surface area contributed by atoms with Crippen LogP contribution in [0.1, 0.15) is 0 Å². The Bertz CT molecular complexity index is 465. The summed E-state index contributed by atoms with van der Waals surface area (Å²) < 4.78 is 0. The number of carbonyl (C=O) groups excluding carboxylic acids is 1. The van der Waals surface area contributed by atoms with E-state index in [9.17, 15) is 20.0 Å². The van der Waals surface area contributed by atoms with Crippen molar-refractivity contribution in [2.75, 3.05) is 24.2 Å². The molecular formula is C8H12N6O4. The lowest BCUT2D eigenvalue weighted by atomic mass is 10.3. The molecular weight excluding hydrogens is 244 g/mol. The third-order valence-corrected chi connectivity index (χ3v) is 1.98. The van der Waals surface area contributed by atoms with Crippen molar-refractivity contribution in [3.05, 3.63) is 16.3 Å². The van der Waals surface area contributed by atoms with Gasteiger partial charge in [0.15, 0.2) is 0 Å². The van der Waals surface area contributed by atoms with Crippen LogP contribution in [0.4, 0.5) is 17.5 Å². The van der Waals surface area contributed by atoms with Gasteiger partial charge in [-0.3, -0.25) is 14.9 Å². The Morgan fingerprint density at radius 1 is 1.72 bits per heavy atom. The van der Waals surface area contributed by atoms with E-state index in [1.807, 2.05) is 0 Å². The molecule has 0 spiro atoms. The highest BCUT2D eigenvalue weighted by atomic mass is 16.6. The molecule has 1 rings (SSSR count). The van der Waals surface area contributed by atoms with E-state index in [2.05, 4.69) is 20.6 Å². The van der Waals surface area contributed by atoms with Crippen molar-refractivity contribution in [1.29, 1.82) is 0 Å². The van der Waals surface area contributed by atoms with Crippen LogP contribution in [0.15, 0.2) is 6.20 Å². The van der Waals surface area contributed by atoms with Crippen molar-refractivity contribution < 1.29 is 14.8 Å². The number of aromatic nitrogens is 2. The first-order valence-electron chi connectivity index (χ1n) is 4.86. The number of hydrogen-bond acceptors (Lipinski definition) is 8. The van der Waals surface area contributed by atoms with Crippen molar-refractivity contribution in [3.63, 3.8) is 0 Å². The fraction of sp³-hybridized carbons (Fsp3) is 0.375. The molecule has 10 heteroatoms. The van der Waals surface area contributed by atoms with Crippen LogP contribution in [-0.4, -0.2) is 45.6 Å². The summed E-state index contributed by atoms with van der Waals surface area (Å²) in [4.78, 5) is 28.1. The zero-order valence-corrected chi connectivity index (χ0v) is 9.45. The largest absolute Gasteiger partial charge is 0.381 e. The summed E-state index contributed by atoms with van der Waals surface area (Å²) in [6.45, 7) is -0.281. The van der Waals surface area contributed by atoms with Crippen LogP contribution in [0.3, 0.4) is 0 Å². The quantitative estimate of drug-likeness (QED) is 0.360. The third kappa shape index (κ3) is 3.25. The second-order valence-electron chi connectivity index (χ2n) is 3.23. The number of anilines is 2. The normalized spacial score (nSPS) is 11.7. The topological polar surface area (TPSA) is 156 Å². The molecule has 1 unspecified atom stereocenters. The predicted octanol–water partition coefficient (Wildman–Crippen LogP) is -1.32. The van der Waals surface area contributed by atoms with E-state index >= 15 is 0 Å². The van der Waals surface area contributed by atoms with Gasteiger partial charge in [-0.2, -0.15) is 4.98 Å². The van der Waals surface area contributed by atoms with E-state index < -0.39 is 16.9 Å². The second kappa shape index (κ2) is 5.72. The number of nitro groups is 1. The van der Waals surface area contributed by atoms with Gasteiger partial charge >= 0.3 is 5.69 Å². The Morgan fingerprint density at radius 3 is 2.89 bits per heavy atom. The number of nitrogens with two attached hydrogens (primary N) is 1. The SMILES string of the molecule is CNc1ncc([N+](=O)[O-])c(NCC(O)C(N)=O)n1. The van der Waals surface area contributed by atoms with Gasteiger partial charge in [-0.25, -0.2) is 4.98 Å². The van der Waals surface area contributed by atoms with Gasteiger partial charge in [-0.15, -0.1) is 0 Å². The summed E-state index contributed by atoms with van der Waals surface area (Å²) in [6.07, 6.45) is -0.449. The molecule has 0 aliphatic heterocycles. The highest BCUT2D eigenvalue weighted by Gasteiger charge is 2.19. The Hall–Kier alpha value is -2.49. The zero-order chi connectivity index (χ0) is 13.7. The number of nitrogens with one attached hydrogen (secondary N) is 2. The number of nitrogens with zero attached hydrogens (tertiary/aromatic N) is 3. The van der Waals surface area contributed by atoms with Crippen molar-refractivity contribution in [2.45, 2.75) is 6.10 Å². The molecule has 98 valence electrons. The monoisotopic (exact) mass is 256 g/mol. The second-order valence-corrected chi connectivity index (χ2v) is 3.23. The molecule has 0 aliphatic rings. The molecule has 1 heterocycles. The van der Waals surface area contributed by atoms with E-state index in [4.69, 9.17) is 5.73 Å². The predicted molar refractivity (Wildman–Crippen MR) is 61.9 cm³/mol. The molecule has 0 aromatic carbocycles. The molecule has 1 aromatic heterocycles. The average Bonchev–Trinajstić information content (AvgIpc) is 2.34. The van der Waals surface area contributed by atoms with Gasteiger partial charge < -0.3 is 21.5 Å². The first-order valence-corrected chi connectivity index (χ1v) is 4.86. The van der Waals surface area contributed by atoms with E-state index in [1.165, 1.54) is 0 Å². The molecule has 0 aliphatic carbocycles. The van der Waals surface area contributed by atoms with Crippen LogP contribution in [0, 0.1) is 10.1 Å². The Balaban J connectivity index is 2.90. The summed E-state index contributed by atoms with van der Waals surface area (Å²) in [5, 5.41) is 25.0. The van der Waals surface area contributed by atoms with E-state index in [-0.39, 0.29) is 24.0 Å². The maximum Gasteiger partial charge on any atom is 0.329 e. The molecule has 5 N–H and O–H groups in total. The number of aliphatic hydroxyl groups is 1. The first-order chi connectivity index (χ1) is 8.45. The number of hydrogen-bond donors (Lipinski definition) is 4. The average molecular weight is 256 g/mol. The molecule has 0 saturated carbocycles. The van der Waals surface area contributed by atoms with E-state index in [0.29, 0.717) is 0 Å². The number of amides is 1. The summed E-state index contributed by atoms with van der Waals surface area (Å²) in [5.74, 6) is -0.885. The number of aliphatic hydroxyl groups excluding tert-OH is 1. The third-order valence-electron chi connectivity index (χ3n) is 1.98. The van der Waals surface area contributed by atoms with Crippen LogP contribution in [0.25, 0.3) is 0 Å². The minimum Gasteiger partial charge on any atom is -0.381 e. The Kier molecular flexibility index (Phi) is 4.32. The number of carbonyl (C=O) groups is 1. The van der Waals surface area contributed by atoms with Crippen LogP contribution < -0.4 is 16.4 Å². The van der Waals surface area contributed by atoms with Crippen LogP contribution in [-0.2, 0) is 4.79 Å². The zero-order valence-electron chi connectivity index (χ0n) is 9.45. The molecule has 0 fully saturated rings. The molecule has 0 saturated heterocycles. The van der Waals surface area contributed by atoms with Gasteiger partial charge in [0.05, 0.1) is 11.5 Å². The Labute approximate surface area is 101 Å². The van der Waals surface area contributed by atoms with Crippen molar-refractivity contribution in [1.82, 2.24) is 9.97 Å². The van der Waals surface area contributed by atoms with Gasteiger partial charge in [0.25, 0.3) is 0 Å². The maximum absolute atomic E-state index is 10.7. The molecule has 1 amide bonds. The van der Waals surface area contributed by atoms with Gasteiger partial charge in [0, 0.05) is 7.05 Å². The van der Waals surface area contributed by atoms with Crippen molar-refractivity contribution in [3.8, 4) is 0 Å². The van der Waals surface area contributed by atoms with E-state index in [1.54, 1.807) is 7.05 Å². The van der Waals surface area contributed by atoms with Gasteiger partial charge in [0.2, 0.25) is 17.7 Å². The number of primary amides is 1. The van der Waals surface area contributed by atoms with Gasteiger partial charge in [0.1, 0.15) is 12.3 Å². The van der Waals surface area contributed by atoms with Crippen molar-refractivity contribution in [2.24, 2.45) is 5.73 Å². The summed E-state index contributed by atoms with van der Waals surface area (Å²) in [6, 6.07) is 0. The van der Waals surface area contributed by atoms with Gasteiger partial charge in [-0.05, 0) is 0 Å². The van der Waals surface area contributed by atoms with Gasteiger partial charge in [-0.1, -0.05) is 0 Å². The molecule has 0 radical (unpaired) electrons. The molecule has 1 aromatic rings. The molecule has 0 bridgehead atoms. The smallest absolute Gasteiger partial charge is 0.329 e. The minimum absolute atomic E-state index is 0.111. The Morgan fingerprint density at radius 2 is 2.39 bits per heavy atom. The summed E-state index contributed by atoms with van der Waals surface area (Å²) >= 11 is 0. The van der Waals surface area contributed by atoms with E-state index in [0.717, 1.165) is 6.20 Å².